The fraction of sp³-hybridized carbons (Fsp3) is 0.450. The summed E-state index contributed by atoms with van der Waals surface area (Å²) in [5, 5.41) is 5.15. The van der Waals surface area contributed by atoms with E-state index < -0.39 is 24.3 Å². The summed E-state index contributed by atoms with van der Waals surface area (Å²) < 4.78 is 15.8. The number of amides is 4. The van der Waals surface area contributed by atoms with Gasteiger partial charge in [-0.3, -0.25) is 9.59 Å². The molecule has 2 bridgehead atoms. The average Bonchev–Trinajstić information content (AvgIpc) is 4.06. The van der Waals surface area contributed by atoms with E-state index >= 15 is 0 Å². The minimum absolute atomic E-state index is 0.000425. The molecule has 6 heterocycles. The largest absolute Gasteiger partial charge is 0.453 e. The number of aromatic nitrogens is 4. The van der Waals surface area contributed by atoms with Crippen molar-refractivity contribution in [3.05, 3.63) is 71.6 Å². The zero-order valence-electron chi connectivity index (χ0n) is 31.4. The predicted molar refractivity (Wildman–Crippen MR) is 200 cm³/mol. The van der Waals surface area contributed by atoms with Crippen molar-refractivity contribution in [3.8, 4) is 33.6 Å². The molecular formula is C40H46N8O7. The zero-order chi connectivity index (χ0) is 38.4. The van der Waals surface area contributed by atoms with Crippen LogP contribution in [0.2, 0.25) is 0 Å². The van der Waals surface area contributed by atoms with Crippen molar-refractivity contribution in [3.63, 3.8) is 0 Å². The lowest BCUT2D eigenvalue weighted by Gasteiger charge is -2.26. The molecule has 4 aromatic rings. The minimum Gasteiger partial charge on any atom is -0.453 e. The second kappa shape index (κ2) is 14.9. The number of nitrogens with zero attached hydrogens (tertiary/aromatic N) is 4. The van der Waals surface area contributed by atoms with E-state index in [1.54, 1.807) is 29.8 Å². The van der Waals surface area contributed by atoms with Gasteiger partial charge in [-0.2, -0.15) is 0 Å². The molecule has 0 aliphatic carbocycles. The summed E-state index contributed by atoms with van der Waals surface area (Å²) in [5.74, 6) is 1.10. The van der Waals surface area contributed by atoms with Gasteiger partial charge in [0.05, 0.1) is 62.3 Å². The number of alkyl carbamates (subject to hydrolysis) is 2. The van der Waals surface area contributed by atoms with Crippen LogP contribution in [-0.4, -0.2) is 93.1 Å². The Morgan fingerprint density at radius 2 is 1.16 bits per heavy atom. The first kappa shape index (κ1) is 36.3. The highest BCUT2D eigenvalue weighted by molar-refractivity contribution is 5.87. The smallest absolute Gasteiger partial charge is 0.407 e. The monoisotopic (exact) mass is 750 g/mol. The van der Waals surface area contributed by atoms with Crippen LogP contribution in [0.3, 0.4) is 0 Å². The predicted octanol–water partition coefficient (Wildman–Crippen LogP) is 5.86. The van der Waals surface area contributed by atoms with Crippen LogP contribution in [0.1, 0.15) is 99.4 Å². The van der Waals surface area contributed by atoms with Gasteiger partial charge in [-0.1, -0.05) is 36.4 Å². The zero-order valence-corrected chi connectivity index (χ0v) is 31.4. The Morgan fingerprint density at radius 3 is 1.71 bits per heavy atom. The number of aromatic amines is 2. The first-order chi connectivity index (χ1) is 26.6. The average molecular weight is 751 g/mol. The highest BCUT2D eigenvalue weighted by Gasteiger charge is 2.42. The number of carbonyl (C=O) groups excluding carboxylic acids is 4. The Hall–Kier alpha value is -5.70. The molecule has 4 amide bonds. The fourth-order valence-electron chi connectivity index (χ4n) is 8.73. The summed E-state index contributed by atoms with van der Waals surface area (Å²) in [7, 11) is 2.55. The van der Waals surface area contributed by atoms with E-state index in [1.807, 2.05) is 6.20 Å². The number of ether oxygens (including phenoxy) is 3. The first-order valence-electron chi connectivity index (χ1n) is 19.0. The number of rotatable bonds is 9. The summed E-state index contributed by atoms with van der Waals surface area (Å²) in [6.45, 7) is 4.50. The summed E-state index contributed by atoms with van der Waals surface area (Å²) >= 11 is 0. The molecule has 0 radical (unpaired) electrons. The van der Waals surface area contributed by atoms with Gasteiger partial charge in [0.1, 0.15) is 23.7 Å². The van der Waals surface area contributed by atoms with E-state index in [9.17, 15) is 19.2 Å². The Kier molecular flexibility index (Phi) is 9.80. The molecule has 0 spiro atoms. The van der Waals surface area contributed by atoms with Crippen molar-refractivity contribution >= 4 is 24.0 Å². The van der Waals surface area contributed by atoms with Gasteiger partial charge in [-0.05, 0) is 80.2 Å². The third-order valence-corrected chi connectivity index (χ3v) is 11.4. The summed E-state index contributed by atoms with van der Waals surface area (Å²) in [5.41, 5.74) is 8.39. The Bertz CT molecular complexity index is 2110. The minimum atomic E-state index is -0.717. The molecule has 3 saturated heterocycles. The Balaban J connectivity index is 1.01. The van der Waals surface area contributed by atoms with Gasteiger partial charge in [0.2, 0.25) is 11.8 Å². The number of imidazole rings is 2. The molecule has 15 heteroatoms. The maximum atomic E-state index is 13.3. The van der Waals surface area contributed by atoms with Crippen LogP contribution < -0.4 is 10.6 Å². The van der Waals surface area contributed by atoms with Crippen molar-refractivity contribution in [1.29, 1.82) is 0 Å². The molecule has 4 aliphatic rings. The van der Waals surface area contributed by atoms with E-state index in [1.165, 1.54) is 25.3 Å². The van der Waals surface area contributed by atoms with Crippen LogP contribution in [-0.2, 0) is 23.8 Å². The second-order valence-electron chi connectivity index (χ2n) is 14.7. The van der Waals surface area contributed by atoms with Gasteiger partial charge >= 0.3 is 12.2 Å². The molecule has 0 saturated carbocycles. The fourth-order valence-corrected chi connectivity index (χ4v) is 8.73. The topological polar surface area (TPSA) is 184 Å². The van der Waals surface area contributed by atoms with Crippen LogP contribution >= 0.6 is 0 Å². The molecule has 4 aliphatic heterocycles. The van der Waals surface area contributed by atoms with Crippen LogP contribution in [0.15, 0.2) is 48.8 Å². The van der Waals surface area contributed by atoms with E-state index in [4.69, 9.17) is 9.72 Å². The maximum Gasteiger partial charge on any atom is 0.407 e. The number of carbonyl (C=O) groups is 4. The van der Waals surface area contributed by atoms with Crippen LogP contribution in [0.25, 0.3) is 33.6 Å². The van der Waals surface area contributed by atoms with Gasteiger partial charge in [-0.15, -0.1) is 0 Å². The van der Waals surface area contributed by atoms with Crippen molar-refractivity contribution in [2.24, 2.45) is 0 Å². The van der Waals surface area contributed by atoms with Crippen molar-refractivity contribution < 1.29 is 33.4 Å². The van der Waals surface area contributed by atoms with Crippen LogP contribution in [0.4, 0.5) is 9.59 Å². The van der Waals surface area contributed by atoms with E-state index in [0.717, 1.165) is 83.8 Å². The van der Waals surface area contributed by atoms with Crippen molar-refractivity contribution in [2.45, 2.75) is 88.7 Å². The molecule has 6 atom stereocenters. The molecule has 15 nitrogen and oxygen atoms in total. The number of fused-ring (bicyclic) bond motifs is 5. The molecule has 2 aromatic heterocycles. The lowest BCUT2D eigenvalue weighted by atomic mass is 9.82. The SMILES string of the molecule is COC(=O)N[C@@H](C)C(=O)N1CCCC1c1ncc(-c2ccc(-c3ccc(-c4cnc(C5CCCN5C(=O)[C@@H](C)NC(=O)OC)[nH]4)cc3)c3c2C2CCC3O2)[nH]1. The number of H-pyrrole nitrogens is 2. The van der Waals surface area contributed by atoms with Gasteiger partial charge in [0.25, 0.3) is 0 Å². The van der Waals surface area contributed by atoms with Crippen LogP contribution in [0, 0.1) is 0 Å². The number of hydrogen-bond donors (Lipinski definition) is 4. The number of likely N-dealkylation sites (tertiary alicyclic amines) is 2. The molecule has 4 N–H and O–H groups in total. The lowest BCUT2D eigenvalue weighted by molar-refractivity contribution is -0.134. The lowest BCUT2D eigenvalue weighted by Crippen LogP contribution is -2.46. The van der Waals surface area contributed by atoms with Crippen molar-refractivity contribution in [2.75, 3.05) is 27.3 Å². The quantitative estimate of drug-likeness (QED) is 0.163. The molecule has 2 aromatic carbocycles. The van der Waals surface area contributed by atoms with Gasteiger partial charge in [0, 0.05) is 18.7 Å². The molecule has 288 valence electrons. The summed E-state index contributed by atoms with van der Waals surface area (Å²) in [6.07, 6.45) is 7.56. The molecule has 4 unspecified atom stereocenters. The summed E-state index contributed by atoms with van der Waals surface area (Å²) in [6, 6.07) is 10.9. The summed E-state index contributed by atoms with van der Waals surface area (Å²) in [4.78, 5) is 69.9. The molecule has 3 fully saturated rings. The number of methoxy groups -OCH3 is 2. The first-order valence-corrected chi connectivity index (χ1v) is 19.0. The van der Waals surface area contributed by atoms with Crippen molar-refractivity contribution in [1.82, 2.24) is 40.4 Å². The third-order valence-electron chi connectivity index (χ3n) is 11.4. The van der Waals surface area contributed by atoms with Gasteiger partial charge < -0.3 is 44.6 Å². The van der Waals surface area contributed by atoms with E-state index in [-0.39, 0.29) is 36.1 Å². The number of nitrogens with one attached hydrogen (secondary N) is 4. The Labute approximate surface area is 318 Å². The second-order valence-corrected chi connectivity index (χ2v) is 14.7. The number of hydrogen-bond acceptors (Lipinski definition) is 9. The Morgan fingerprint density at radius 1 is 0.691 bits per heavy atom. The molecule has 55 heavy (non-hydrogen) atoms. The van der Waals surface area contributed by atoms with E-state index in [2.05, 4.69) is 71.5 Å². The van der Waals surface area contributed by atoms with E-state index in [0.29, 0.717) is 13.1 Å². The molecular weight excluding hydrogens is 704 g/mol. The number of benzene rings is 2. The van der Waals surface area contributed by atoms with Gasteiger partial charge in [-0.25, -0.2) is 19.6 Å². The van der Waals surface area contributed by atoms with Gasteiger partial charge in [0.15, 0.2) is 0 Å². The highest BCUT2D eigenvalue weighted by Crippen LogP contribution is 2.56. The third kappa shape index (κ3) is 6.70. The normalized spacial score (nSPS) is 22.3. The van der Waals surface area contributed by atoms with Crippen LogP contribution in [0.5, 0.6) is 0 Å². The molecule has 8 rings (SSSR count). The standard InChI is InChI=1S/C40H46N8O7/c1-21(43-39(51)53-3)37(49)47-17-5-7-29(47)35-41-19-27(45-35)24-11-9-23(10-12-24)25-13-14-26(34-32-16-15-31(55-32)33(25)34)28-20-42-36(46-28)30-8-6-18-48(30)38(50)22(2)44-40(52)54-4/h9-14,19-22,29-32H,5-8,15-18H2,1-4H3,(H,41,45)(H,42,46)(H,43,51)(H,44,52)/t21-,22+,29?,30?,31?,32?/m1/s1. The highest BCUT2D eigenvalue weighted by atomic mass is 16.5. The maximum absolute atomic E-state index is 13.3.